The van der Waals surface area contributed by atoms with Crippen LogP contribution < -0.4 is 10.2 Å². The summed E-state index contributed by atoms with van der Waals surface area (Å²) in [5, 5.41) is 2.59. The third-order valence-corrected chi connectivity index (χ3v) is 3.61. The van der Waals surface area contributed by atoms with Crippen LogP contribution in [-0.2, 0) is 0 Å². The first-order valence-electron chi connectivity index (χ1n) is 5.51. The van der Waals surface area contributed by atoms with E-state index >= 15 is 0 Å². The van der Waals surface area contributed by atoms with Crippen LogP contribution in [0, 0.1) is 5.92 Å². The van der Waals surface area contributed by atoms with E-state index in [-0.39, 0.29) is 0 Å². The Kier molecular flexibility index (Phi) is 2.66. The van der Waals surface area contributed by atoms with Gasteiger partial charge in [-0.25, -0.2) is 0 Å². The predicted molar refractivity (Wildman–Crippen MR) is 49.2 cm³/mol. The summed E-state index contributed by atoms with van der Waals surface area (Å²) in [6, 6.07) is 0.986. The molecule has 2 aliphatic rings. The fourth-order valence-electron chi connectivity index (χ4n) is 2.91. The van der Waals surface area contributed by atoms with Crippen LogP contribution in [0.25, 0.3) is 0 Å². The molecule has 2 rings (SSSR count). The van der Waals surface area contributed by atoms with Gasteiger partial charge >= 0.3 is 0 Å². The van der Waals surface area contributed by atoms with Gasteiger partial charge in [-0.1, -0.05) is 0 Å². The van der Waals surface area contributed by atoms with Crippen LogP contribution in [0.5, 0.6) is 0 Å². The summed E-state index contributed by atoms with van der Waals surface area (Å²) in [5.41, 5.74) is 0. The van der Waals surface area contributed by atoms with Gasteiger partial charge in [-0.05, 0) is 12.8 Å². The van der Waals surface area contributed by atoms with Crippen LogP contribution in [0.3, 0.4) is 0 Å². The zero-order valence-corrected chi connectivity index (χ0v) is 8.18. The topological polar surface area (TPSA) is 21.1 Å². The molecule has 0 aromatic heterocycles. The fourth-order valence-corrected chi connectivity index (χ4v) is 2.91. The van der Waals surface area contributed by atoms with Gasteiger partial charge in [0.2, 0.25) is 0 Å². The molecule has 0 bridgehead atoms. The van der Waals surface area contributed by atoms with Crippen molar-refractivity contribution in [3.05, 3.63) is 0 Å². The molecular weight excluding hydrogens is 148 g/mol. The second-order valence-electron chi connectivity index (χ2n) is 4.64. The van der Waals surface area contributed by atoms with E-state index in [1.165, 1.54) is 45.3 Å². The SMILES string of the molecule is C[NH+]1CCC[C@@H]([C@@H]2CCC[NH2+]2)C1. The molecule has 2 nitrogen and oxygen atoms in total. The van der Waals surface area contributed by atoms with Crippen molar-refractivity contribution in [3.63, 3.8) is 0 Å². The van der Waals surface area contributed by atoms with Gasteiger partial charge in [0.15, 0.2) is 0 Å². The van der Waals surface area contributed by atoms with Crippen molar-refractivity contribution in [2.45, 2.75) is 31.7 Å². The van der Waals surface area contributed by atoms with E-state index in [9.17, 15) is 0 Å². The van der Waals surface area contributed by atoms with Crippen molar-refractivity contribution in [1.29, 1.82) is 0 Å². The second kappa shape index (κ2) is 3.75. The maximum atomic E-state index is 2.59. The zero-order chi connectivity index (χ0) is 8.39. The van der Waals surface area contributed by atoms with Crippen LogP contribution in [0.15, 0.2) is 0 Å². The van der Waals surface area contributed by atoms with Gasteiger partial charge in [-0.2, -0.15) is 0 Å². The highest BCUT2D eigenvalue weighted by Gasteiger charge is 2.32. The van der Waals surface area contributed by atoms with Crippen LogP contribution in [0.2, 0.25) is 0 Å². The molecule has 2 saturated heterocycles. The molecule has 2 heteroatoms. The summed E-state index contributed by atoms with van der Waals surface area (Å²) in [6.07, 6.45) is 5.90. The molecule has 1 unspecified atom stereocenters. The van der Waals surface area contributed by atoms with Crippen LogP contribution in [-0.4, -0.2) is 32.7 Å². The normalized spacial score (nSPS) is 43.2. The standard InChI is InChI=1S/C10H20N2/c1-12-7-3-4-9(8-12)10-5-2-6-11-10/h9-11H,2-8H2,1H3/p+2/t9-,10+/m1/s1. The minimum absolute atomic E-state index is 0.986. The molecule has 2 aliphatic heterocycles. The van der Waals surface area contributed by atoms with Crippen molar-refractivity contribution in [2.24, 2.45) is 5.92 Å². The Morgan fingerprint density at radius 3 is 2.83 bits per heavy atom. The van der Waals surface area contributed by atoms with E-state index in [2.05, 4.69) is 12.4 Å². The Hall–Kier alpha value is -0.0800. The lowest BCUT2D eigenvalue weighted by Crippen LogP contribution is -3.11. The number of likely N-dealkylation sites (tertiary alicyclic amines) is 1. The maximum Gasteiger partial charge on any atom is 0.0944 e. The molecular formula is C10H22N2+2. The fraction of sp³-hybridized carbons (Fsp3) is 1.00. The molecule has 0 spiro atoms. The van der Waals surface area contributed by atoms with Gasteiger partial charge in [0, 0.05) is 12.8 Å². The first-order chi connectivity index (χ1) is 5.86. The number of nitrogens with one attached hydrogen (secondary N) is 1. The Morgan fingerprint density at radius 1 is 1.25 bits per heavy atom. The monoisotopic (exact) mass is 170 g/mol. The predicted octanol–water partition coefficient (Wildman–Crippen LogP) is -1.36. The quantitative estimate of drug-likeness (QED) is 0.485. The van der Waals surface area contributed by atoms with E-state index in [1.807, 2.05) is 0 Å². The molecule has 0 amide bonds. The third-order valence-electron chi connectivity index (χ3n) is 3.61. The van der Waals surface area contributed by atoms with Crippen molar-refractivity contribution in [1.82, 2.24) is 0 Å². The lowest BCUT2D eigenvalue weighted by molar-refractivity contribution is -0.892. The van der Waals surface area contributed by atoms with E-state index in [4.69, 9.17) is 0 Å². The number of nitrogens with two attached hydrogens (primary N) is 1. The summed E-state index contributed by atoms with van der Waals surface area (Å²) in [7, 11) is 2.35. The maximum absolute atomic E-state index is 2.59. The van der Waals surface area contributed by atoms with Gasteiger partial charge < -0.3 is 10.2 Å². The molecule has 0 aliphatic carbocycles. The Bertz CT molecular complexity index is 141. The molecule has 0 aromatic carbocycles. The molecule has 70 valence electrons. The van der Waals surface area contributed by atoms with Gasteiger partial charge in [-0.3, -0.25) is 0 Å². The highest BCUT2D eigenvalue weighted by Crippen LogP contribution is 2.15. The van der Waals surface area contributed by atoms with Crippen molar-refractivity contribution < 1.29 is 10.2 Å². The number of piperidine rings is 1. The number of hydrogen-bond donors (Lipinski definition) is 2. The molecule has 3 atom stereocenters. The first-order valence-corrected chi connectivity index (χ1v) is 5.51. The number of rotatable bonds is 1. The highest BCUT2D eigenvalue weighted by molar-refractivity contribution is 4.72. The van der Waals surface area contributed by atoms with Crippen molar-refractivity contribution in [3.8, 4) is 0 Å². The minimum Gasteiger partial charge on any atom is -0.343 e. The minimum atomic E-state index is 0.986. The Balaban J connectivity index is 1.85. The van der Waals surface area contributed by atoms with Crippen molar-refractivity contribution in [2.75, 3.05) is 26.7 Å². The molecule has 0 aromatic rings. The number of quaternary nitrogens is 2. The summed E-state index contributed by atoms with van der Waals surface area (Å²) in [5.74, 6) is 1.03. The Morgan fingerprint density at radius 2 is 2.17 bits per heavy atom. The first kappa shape index (κ1) is 8.52. The average molecular weight is 170 g/mol. The van der Waals surface area contributed by atoms with Gasteiger partial charge in [0.1, 0.15) is 0 Å². The van der Waals surface area contributed by atoms with E-state index in [1.54, 1.807) is 4.90 Å². The lowest BCUT2D eigenvalue weighted by atomic mass is 9.90. The Labute approximate surface area is 75.3 Å². The average Bonchev–Trinajstić information content (AvgIpc) is 2.56. The van der Waals surface area contributed by atoms with Crippen molar-refractivity contribution >= 4 is 0 Å². The highest BCUT2D eigenvalue weighted by atomic mass is 15.1. The largest absolute Gasteiger partial charge is 0.343 e. The summed E-state index contributed by atoms with van der Waals surface area (Å²) in [6.45, 7) is 4.23. The second-order valence-corrected chi connectivity index (χ2v) is 4.64. The van der Waals surface area contributed by atoms with E-state index in [0.717, 1.165) is 12.0 Å². The third kappa shape index (κ3) is 1.80. The molecule has 3 N–H and O–H groups in total. The molecule has 0 saturated carbocycles. The molecule has 12 heavy (non-hydrogen) atoms. The van der Waals surface area contributed by atoms with Gasteiger partial charge in [0.05, 0.1) is 38.6 Å². The smallest absolute Gasteiger partial charge is 0.0944 e. The summed E-state index contributed by atoms with van der Waals surface area (Å²) >= 11 is 0. The van der Waals surface area contributed by atoms with Gasteiger partial charge in [-0.15, -0.1) is 0 Å². The zero-order valence-electron chi connectivity index (χ0n) is 8.18. The molecule has 2 heterocycles. The van der Waals surface area contributed by atoms with E-state index in [0.29, 0.717) is 0 Å². The number of hydrogen-bond acceptors (Lipinski definition) is 0. The molecule has 0 radical (unpaired) electrons. The lowest BCUT2D eigenvalue weighted by Gasteiger charge is -2.29. The summed E-state index contributed by atoms with van der Waals surface area (Å²) < 4.78 is 0. The van der Waals surface area contributed by atoms with Crippen LogP contribution in [0.1, 0.15) is 25.7 Å². The summed E-state index contributed by atoms with van der Waals surface area (Å²) in [4.78, 5) is 1.76. The molecule has 2 fully saturated rings. The van der Waals surface area contributed by atoms with Gasteiger partial charge in [0.25, 0.3) is 0 Å². The van der Waals surface area contributed by atoms with Crippen LogP contribution >= 0.6 is 0 Å². The van der Waals surface area contributed by atoms with Crippen LogP contribution in [0.4, 0.5) is 0 Å². The van der Waals surface area contributed by atoms with E-state index < -0.39 is 0 Å².